The molecule has 0 radical (unpaired) electrons. The third kappa shape index (κ3) is 4.32. The fraction of sp³-hybridized carbons (Fsp3) is 0.367. The van der Waals surface area contributed by atoms with E-state index in [0.29, 0.717) is 5.16 Å². The van der Waals surface area contributed by atoms with Gasteiger partial charge < -0.3 is 4.90 Å². The summed E-state index contributed by atoms with van der Waals surface area (Å²) in [5.41, 5.74) is 6.42. The van der Waals surface area contributed by atoms with E-state index in [0.717, 1.165) is 64.8 Å². The van der Waals surface area contributed by atoms with Crippen molar-refractivity contribution in [3.63, 3.8) is 0 Å². The number of fused-ring (bicyclic) bond motifs is 4. The molecule has 7 heteroatoms. The predicted molar refractivity (Wildman–Crippen MR) is 154 cm³/mol. The Kier molecular flexibility index (Phi) is 6.45. The van der Waals surface area contributed by atoms with Crippen LogP contribution in [0.25, 0.3) is 15.9 Å². The van der Waals surface area contributed by atoms with Crippen LogP contribution in [0.5, 0.6) is 0 Å². The van der Waals surface area contributed by atoms with E-state index in [-0.39, 0.29) is 23.3 Å². The lowest BCUT2D eigenvalue weighted by molar-refractivity contribution is -0.116. The maximum Gasteiger partial charge on any atom is 0.267 e. The van der Waals surface area contributed by atoms with Gasteiger partial charge in [0.25, 0.3) is 5.56 Å². The Balaban J connectivity index is 1.43. The highest BCUT2D eigenvalue weighted by Crippen LogP contribution is 2.36. The summed E-state index contributed by atoms with van der Waals surface area (Å²) in [5, 5.41) is 1.37. The molecule has 1 aliphatic carbocycles. The number of carbonyl (C=O) groups excluding carboxylic acids is 1. The van der Waals surface area contributed by atoms with Crippen molar-refractivity contribution in [1.29, 1.82) is 0 Å². The summed E-state index contributed by atoms with van der Waals surface area (Å²) in [6.07, 6.45) is 6.31. The monoisotopic (exact) mass is 529 g/mol. The van der Waals surface area contributed by atoms with E-state index in [2.05, 4.69) is 26.0 Å². The van der Waals surface area contributed by atoms with Crippen LogP contribution >= 0.6 is 23.1 Å². The molecule has 2 aromatic heterocycles. The number of thioether (sulfide) groups is 1. The first-order valence-electron chi connectivity index (χ1n) is 13.1. The van der Waals surface area contributed by atoms with Crippen LogP contribution in [0.15, 0.2) is 52.4 Å². The number of hydrogen-bond donors (Lipinski definition) is 0. The smallest absolute Gasteiger partial charge is 0.267 e. The minimum atomic E-state index is -0.00816. The topological polar surface area (TPSA) is 55.2 Å². The predicted octanol–water partition coefficient (Wildman–Crippen LogP) is 6.40. The molecule has 2 aliphatic rings. The lowest BCUT2D eigenvalue weighted by atomic mass is 10.1. The highest BCUT2D eigenvalue weighted by atomic mass is 32.2. The molecule has 0 spiro atoms. The summed E-state index contributed by atoms with van der Waals surface area (Å²) in [7, 11) is 0. The Morgan fingerprint density at radius 3 is 2.73 bits per heavy atom. The number of hydrogen-bond acceptors (Lipinski definition) is 5. The van der Waals surface area contributed by atoms with Gasteiger partial charge in [-0.1, -0.05) is 54.1 Å². The summed E-state index contributed by atoms with van der Waals surface area (Å²) < 4.78 is 1.76. The molecule has 37 heavy (non-hydrogen) atoms. The van der Waals surface area contributed by atoms with Crippen LogP contribution in [0.4, 0.5) is 5.69 Å². The molecule has 0 saturated heterocycles. The minimum Gasteiger partial charge on any atom is -0.308 e. The standard InChI is InChI=1S/C30H31N3O2S2/c1-18-13-14-23(19(2)15-18)33-29(35)27-22-10-5-4-6-12-25(22)37-28(27)31-30(33)36-17-26(34)32-20(3)16-21-9-7-8-11-24(21)32/h7-9,11,13-15,20H,4-6,10,12,16-17H2,1-3H3. The maximum absolute atomic E-state index is 14.2. The number of carbonyl (C=O) groups is 1. The van der Waals surface area contributed by atoms with Gasteiger partial charge >= 0.3 is 0 Å². The fourth-order valence-corrected chi connectivity index (χ4v) is 8.04. The molecule has 0 bridgehead atoms. The molecular weight excluding hydrogens is 498 g/mol. The highest BCUT2D eigenvalue weighted by molar-refractivity contribution is 7.99. The summed E-state index contributed by atoms with van der Waals surface area (Å²) in [6.45, 7) is 6.19. The lowest BCUT2D eigenvalue weighted by Crippen LogP contribution is -2.37. The number of rotatable bonds is 4. The Hall–Kier alpha value is -2.90. The largest absolute Gasteiger partial charge is 0.308 e. The van der Waals surface area contributed by atoms with Crippen LogP contribution in [0.3, 0.4) is 0 Å². The van der Waals surface area contributed by atoms with E-state index in [1.807, 2.05) is 42.2 Å². The number of para-hydroxylation sites is 1. The molecule has 5 nitrogen and oxygen atoms in total. The number of nitrogens with zero attached hydrogens (tertiary/aromatic N) is 3. The van der Waals surface area contributed by atoms with Crippen molar-refractivity contribution in [3.8, 4) is 5.69 Å². The van der Waals surface area contributed by atoms with Gasteiger partial charge in [0.1, 0.15) is 4.83 Å². The second-order valence-corrected chi connectivity index (χ2v) is 12.3. The van der Waals surface area contributed by atoms with Gasteiger partial charge in [-0.05, 0) is 81.7 Å². The average Bonchev–Trinajstić information content (AvgIpc) is 3.30. The summed E-state index contributed by atoms with van der Waals surface area (Å²) in [5.74, 6) is 0.276. The maximum atomic E-state index is 14.2. The molecule has 0 saturated carbocycles. The highest BCUT2D eigenvalue weighted by Gasteiger charge is 2.31. The molecule has 0 fully saturated rings. The van der Waals surface area contributed by atoms with Crippen molar-refractivity contribution in [2.75, 3.05) is 10.7 Å². The minimum absolute atomic E-state index is 0.00816. The van der Waals surface area contributed by atoms with Crippen molar-refractivity contribution >= 4 is 44.9 Å². The van der Waals surface area contributed by atoms with Crippen molar-refractivity contribution in [3.05, 3.63) is 79.9 Å². The molecule has 1 unspecified atom stereocenters. The van der Waals surface area contributed by atoms with Gasteiger partial charge in [0, 0.05) is 16.6 Å². The molecule has 1 amide bonds. The van der Waals surface area contributed by atoms with E-state index in [4.69, 9.17) is 4.98 Å². The van der Waals surface area contributed by atoms with E-state index >= 15 is 0 Å². The number of benzene rings is 2. The first kappa shape index (κ1) is 24.4. The molecule has 6 rings (SSSR count). The second-order valence-electron chi connectivity index (χ2n) is 10.3. The first-order valence-corrected chi connectivity index (χ1v) is 14.9. The summed E-state index contributed by atoms with van der Waals surface area (Å²) >= 11 is 3.04. The Bertz CT molecular complexity index is 1590. The van der Waals surface area contributed by atoms with Gasteiger partial charge in [-0.15, -0.1) is 11.3 Å². The van der Waals surface area contributed by atoms with Gasteiger partial charge in [0.2, 0.25) is 5.91 Å². The Labute approximate surface area is 225 Å². The average molecular weight is 530 g/mol. The molecule has 0 N–H and O–H groups in total. The van der Waals surface area contributed by atoms with Crippen molar-refractivity contribution in [1.82, 2.24) is 9.55 Å². The molecule has 2 aromatic carbocycles. The molecule has 4 aromatic rings. The van der Waals surface area contributed by atoms with Crippen molar-refractivity contribution in [2.45, 2.75) is 70.5 Å². The lowest BCUT2D eigenvalue weighted by Gasteiger charge is -2.23. The normalized spacial score (nSPS) is 17.1. The van der Waals surface area contributed by atoms with Crippen LogP contribution in [-0.2, 0) is 24.1 Å². The molecular formula is C30H31N3O2S2. The number of aromatic nitrogens is 2. The molecule has 190 valence electrons. The Morgan fingerprint density at radius 2 is 1.89 bits per heavy atom. The third-order valence-electron chi connectivity index (χ3n) is 7.60. The quantitative estimate of drug-likeness (QED) is 0.174. The number of aryl methyl sites for hydroxylation is 4. The number of amides is 1. The van der Waals surface area contributed by atoms with Crippen LogP contribution in [0.2, 0.25) is 0 Å². The van der Waals surface area contributed by atoms with Crippen LogP contribution < -0.4 is 10.5 Å². The van der Waals surface area contributed by atoms with Crippen molar-refractivity contribution < 1.29 is 4.79 Å². The van der Waals surface area contributed by atoms with Crippen LogP contribution in [0.1, 0.15) is 53.3 Å². The zero-order chi connectivity index (χ0) is 25.7. The van der Waals surface area contributed by atoms with E-state index in [1.165, 1.54) is 34.2 Å². The van der Waals surface area contributed by atoms with E-state index in [9.17, 15) is 9.59 Å². The van der Waals surface area contributed by atoms with Gasteiger partial charge in [-0.2, -0.15) is 0 Å². The zero-order valence-corrected chi connectivity index (χ0v) is 23.2. The SMILES string of the molecule is Cc1ccc(-n2c(SCC(=O)N3c4ccccc4CC3C)nc3sc4c(c3c2=O)CCCCC4)c(C)c1. The van der Waals surface area contributed by atoms with E-state index < -0.39 is 0 Å². The second kappa shape index (κ2) is 9.76. The molecule has 3 heterocycles. The van der Waals surface area contributed by atoms with Crippen LogP contribution in [0, 0.1) is 13.8 Å². The fourth-order valence-electron chi connectivity index (χ4n) is 5.87. The Morgan fingerprint density at radius 1 is 1.08 bits per heavy atom. The third-order valence-corrected chi connectivity index (χ3v) is 9.71. The molecule has 1 atom stereocenters. The summed E-state index contributed by atoms with van der Waals surface area (Å²) in [4.78, 5) is 36.7. The molecule has 1 aliphatic heterocycles. The van der Waals surface area contributed by atoms with E-state index in [1.54, 1.807) is 15.9 Å². The summed E-state index contributed by atoms with van der Waals surface area (Å²) in [6, 6.07) is 14.4. The number of thiophene rings is 1. The number of anilines is 1. The zero-order valence-electron chi connectivity index (χ0n) is 21.5. The first-order chi connectivity index (χ1) is 17.9. The van der Waals surface area contributed by atoms with Gasteiger partial charge in [-0.3, -0.25) is 14.2 Å². The van der Waals surface area contributed by atoms with Gasteiger partial charge in [0.15, 0.2) is 5.16 Å². The van der Waals surface area contributed by atoms with Crippen molar-refractivity contribution in [2.24, 2.45) is 0 Å². The van der Waals surface area contributed by atoms with Crippen LogP contribution in [-0.4, -0.2) is 27.3 Å². The van der Waals surface area contributed by atoms with Gasteiger partial charge in [-0.25, -0.2) is 4.98 Å². The van der Waals surface area contributed by atoms with Gasteiger partial charge in [0.05, 0.1) is 16.8 Å².